The van der Waals surface area contributed by atoms with Crippen LogP contribution >= 0.6 is 11.6 Å². The van der Waals surface area contributed by atoms with Crippen molar-refractivity contribution < 1.29 is 9.47 Å². The highest BCUT2D eigenvalue weighted by Crippen LogP contribution is 2.06. The lowest BCUT2D eigenvalue weighted by Crippen LogP contribution is -1.96. The van der Waals surface area contributed by atoms with Crippen molar-refractivity contribution in [2.75, 3.05) is 26.4 Å². The topological polar surface area (TPSA) is 18.5 Å². The van der Waals surface area contributed by atoms with Crippen LogP contribution in [0.2, 0.25) is 0 Å². The minimum atomic E-state index is 0.397. The number of methoxy groups -OCH3 is 1. The Balaban J connectivity index is 2.98. The lowest BCUT2D eigenvalue weighted by Gasteiger charge is -1.99. The van der Waals surface area contributed by atoms with Crippen LogP contribution in [0.3, 0.4) is 0 Å². The van der Waals surface area contributed by atoms with Gasteiger partial charge in [-0.25, -0.2) is 0 Å². The maximum atomic E-state index is 5.60. The Morgan fingerprint density at radius 1 is 0.938 bits per heavy atom. The van der Waals surface area contributed by atoms with Crippen molar-refractivity contribution in [3.05, 3.63) is 12.2 Å². The highest BCUT2D eigenvalue weighted by molar-refractivity contribution is 6.17. The van der Waals surface area contributed by atoms with Crippen molar-refractivity contribution in [1.82, 2.24) is 0 Å². The Labute approximate surface area is 105 Å². The molecule has 0 unspecified atom stereocenters. The predicted octanol–water partition coefficient (Wildman–Crippen LogP) is 4.13. The summed E-state index contributed by atoms with van der Waals surface area (Å²) in [6, 6.07) is 0. The van der Waals surface area contributed by atoms with Crippen molar-refractivity contribution in [2.24, 2.45) is 0 Å². The number of rotatable bonds is 12. The third kappa shape index (κ3) is 13.9. The number of allylic oxidation sites excluding steroid dienone is 1. The molecule has 96 valence electrons. The van der Waals surface area contributed by atoms with Gasteiger partial charge in [0.1, 0.15) is 6.79 Å². The predicted molar refractivity (Wildman–Crippen MR) is 70.0 cm³/mol. The van der Waals surface area contributed by atoms with E-state index in [1.165, 1.54) is 32.1 Å². The molecule has 3 heteroatoms. The summed E-state index contributed by atoms with van der Waals surface area (Å²) >= 11 is 5.60. The second kappa shape index (κ2) is 14.9. The largest absolute Gasteiger partial charge is 0.359 e. The van der Waals surface area contributed by atoms with Gasteiger partial charge in [-0.05, 0) is 25.7 Å². The van der Waals surface area contributed by atoms with Crippen LogP contribution in [0.4, 0.5) is 0 Å². The van der Waals surface area contributed by atoms with Gasteiger partial charge >= 0.3 is 0 Å². The van der Waals surface area contributed by atoms with E-state index in [9.17, 15) is 0 Å². The van der Waals surface area contributed by atoms with Gasteiger partial charge in [-0.15, -0.1) is 11.6 Å². The average Bonchev–Trinajstić information content (AvgIpc) is 2.31. The fourth-order valence-electron chi connectivity index (χ4n) is 1.42. The molecule has 0 saturated heterocycles. The molecular formula is C13H25ClO2. The fraction of sp³-hybridized carbons (Fsp3) is 0.846. The molecule has 0 heterocycles. The minimum Gasteiger partial charge on any atom is -0.359 e. The zero-order chi connectivity index (χ0) is 11.9. The van der Waals surface area contributed by atoms with Crippen molar-refractivity contribution in [3.63, 3.8) is 0 Å². The van der Waals surface area contributed by atoms with Gasteiger partial charge in [0.2, 0.25) is 0 Å². The molecular weight excluding hydrogens is 224 g/mol. The summed E-state index contributed by atoms with van der Waals surface area (Å²) in [5.41, 5.74) is 0. The summed E-state index contributed by atoms with van der Waals surface area (Å²) in [6.07, 6.45) is 13.0. The molecule has 16 heavy (non-hydrogen) atoms. The first-order valence-electron chi connectivity index (χ1n) is 6.19. The molecule has 0 saturated carbocycles. The molecule has 0 amide bonds. The molecule has 0 spiro atoms. The number of hydrogen-bond donors (Lipinski definition) is 0. The van der Waals surface area contributed by atoms with Gasteiger partial charge in [0.05, 0.1) is 6.61 Å². The normalized spacial score (nSPS) is 11.4. The minimum absolute atomic E-state index is 0.397. The number of hydrogen-bond acceptors (Lipinski definition) is 2. The summed E-state index contributed by atoms with van der Waals surface area (Å²) in [5, 5.41) is 0. The van der Waals surface area contributed by atoms with Gasteiger partial charge in [-0.3, -0.25) is 0 Å². The quantitative estimate of drug-likeness (QED) is 0.224. The first kappa shape index (κ1) is 16.0. The van der Waals surface area contributed by atoms with Crippen LogP contribution in [0, 0.1) is 0 Å². The third-order valence-corrected chi connectivity index (χ3v) is 2.57. The number of alkyl halides is 1. The summed E-state index contributed by atoms with van der Waals surface area (Å²) in [7, 11) is 1.64. The SMILES string of the molecule is COCOCC/C=C/CCCCCCCCl. The van der Waals surface area contributed by atoms with Gasteiger partial charge in [0.25, 0.3) is 0 Å². The first-order chi connectivity index (χ1) is 7.91. The van der Waals surface area contributed by atoms with E-state index >= 15 is 0 Å². The lowest BCUT2D eigenvalue weighted by atomic mass is 10.1. The molecule has 2 nitrogen and oxygen atoms in total. The van der Waals surface area contributed by atoms with Gasteiger partial charge < -0.3 is 9.47 Å². The van der Waals surface area contributed by atoms with Crippen LogP contribution in [0.1, 0.15) is 44.9 Å². The maximum Gasteiger partial charge on any atom is 0.146 e. The molecule has 0 N–H and O–H groups in total. The second-order valence-corrected chi connectivity index (χ2v) is 4.20. The standard InChI is InChI=1S/C13H25ClO2/c1-15-13-16-12-10-8-6-4-2-3-5-7-9-11-14/h6,8H,2-5,7,9-13H2,1H3/b8-6+. The number of ether oxygens (including phenoxy) is 2. The molecule has 0 fully saturated rings. The van der Waals surface area contributed by atoms with Crippen LogP contribution in [0.15, 0.2) is 12.2 Å². The van der Waals surface area contributed by atoms with E-state index in [0.29, 0.717) is 6.79 Å². The van der Waals surface area contributed by atoms with Crippen LogP contribution < -0.4 is 0 Å². The van der Waals surface area contributed by atoms with E-state index in [4.69, 9.17) is 21.1 Å². The number of halogens is 1. The summed E-state index contributed by atoms with van der Waals surface area (Å²) in [4.78, 5) is 0. The molecule has 0 atom stereocenters. The Morgan fingerprint density at radius 3 is 2.38 bits per heavy atom. The highest BCUT2D eigenvalue weighted by Gasteiger charge is 1.88. The summed E-state index contributed by atoms with van der Waals surface area (Å²) < 4.78 is 9.95. The summed E-state index contributed by atoms with van der Waals surface area (Å²) in [5.74, 6) is 0.807. The van der Waals surface area contributed by atoms with E-state index in [0.717, 1.165) is 25.3 Å². The molecule has 0 rings (SSSR count). The molecule has 0 aliphatic rings. The van der Waals surface area contributed by atoms with Gasteiger partial charge in [-0.1, -0.05) is 31.4 Å². The smallest absolute Gasteiger partial charge is 0.146 e. The van der Waals surface area contributed by atoms with E-state index in [1.807, 2.05) is 0 Å². The second-order valence-electron chi connectivity index (χ2n) is 3.82. The van der Waals surface area contributed by atoms with Crippen molar-refractivity contribution in [3.8, 4) is 0 Å². The lowest BCUT2D eigenvalue weighted by molar-refractivity contribution is -0.0285. The molecule has 0 aliphatic heterocycles. The van der Waals surface area contributed by atoms with Crippen LogP contribution in [-0.4, -0.2) is 26.4 Å². The highest BCUT2D eigenvalue weighted by atomic mass is 35.5. The molecule has 0 aromatic rings. The number of unbranched alkanes of at least 4 members (excludes halogenated alkanes) is 5. The molecule has 0 radical (unpaired) electrons. The zero-order valence-corrected chi connectivity index (χ0v) is 11.2. The van der Waals surface area contributed by atoms with E-state index < -0.39 is 0 Å². The Bertz CT molecular complexity index is 149. The van der Waals surface area contributed by atoms with E-state index in [2.05, 4.69) is 12.2 Å². The zero-order valence-electron chi connectivity index (χ0n) is 10.4. The van der Waals surface area contributed by atoms with E-state index in [-0.39, 0.29) is 0 Å². The fourth-order valence-corrected chi connectivity index (χ4v) is 1.61. The first-order valence-corrected chi connectivity index (χ1v) is 6.73. The molecule has 0 aromatic carbocycles. The monoisotopic (exact) mass is 248 g/mol. The van der Waals surface area contributed by atoms with Crippen molar-refractivity contribution in [1.29, 1.82) is 0 Å². The van der Waals surface area contributed by atoms with Crippen LogP contribution in [-0.2, 0) is 9.47 Å². The third-order valence-electron chi connectivity index (χ3n) is 2.30. The Morgan fingerprint density at radius 2 is 1.62 bits per heavy atom. The van der Waals surface area contributed by atoms with Crippen molar-refractivity contribution in [2.45, 2.75) is 44.9 Å². The average molecular weight is 249 g/mol. The van der Waals surface area contributed by atoms with E-state index in [1.54, 1.807) is 7.11 Å². The molecule has 0 aromatic heterocycles. The van der Waals surface area contributed by atoms with Gasteiger partial charge in [-0.2, -0.15) is 0 Å². The molecule has 0 aliphatic carbocycles. The Kier molecular flexibility index (Phi) is 14.9. The van der Waals surface area contributed by atoms with Crippen molar-refractivity contribution >= 4 is 11.6 Å². The van der Waals surface area contributed by atoms with Gasteiger partial charge in [0.15, 0.2) is 0 Å². The van der Waals surface area contributed by atoms with Crippen LogP contribution in [0.25, 0.3) is 0 Å². The maximum absolute atomic E-state index is 5.60. The Hall–Kier alpha value is -0.0500. The van der Waals surface area contributed by atoms with Crippen LogP contribution in [0.5, 0.6) is 0 Å². The molecule has 0 bridgehead atoms. The summed E-state index contributed by atoms with van der Waals surface area (Å²) in [6.45, 7) is 1.15. The van der Waals surface area contributed by atoms with Gasteiger partial charge in [0, 0.05) is 13.0 Å².